The zero-order valence-corrected chi connectivity index (χ0v) is 21.5. The number of rotatable bonds is 11. The average molecular weight is 493 g/mol. The highest BCUT2D eigenvalue weighted by Gasteiger charge is 2.11. The first-order valence-electron chi connectivity index (χ1n) is 12.5. The van der Waals surface area contributed by atoms with Crippen LogP contribution in [0, 0.1) is 0 Å². The minimum atomic E-state index is 0. The third-order valence-electron chi connectivity index (χ3n) is 6.42. The van der Waals surface area contributed by atoms with E-state index >= 15 is 0 Å². The molecule has 1 fully saturated rings. The molecule has 5 heteroatoms. The van der Waals surface area contributed by atoms with Crippen LogP contribution in [0.5, 0.6) is 5.75 Å². The molecule has 3 aromatic rings. The van der Waals surface area contributed by atoms with Gasteiger partial charge in [-0.1, -0.05) is 61.0 Å². The second kappa shape index (κ2) is 14.0. The molecule has 4 rings (SSSR count). The number of hydrogen-bond acceptors (Lipinski definition) is 4. The van der Waals surface area contributed by atoms with Crippen molar-refractivity contribution in [2.75, 3.05) is 33.3 Å². The van der Waals surface area contributed by atoms with Gasteiger partial charge in [-0.3, -0.25) is 9.69 Å². The van der Waals surface area contributed by atoms with Crippen molar-refractivity contribution in [3.05, 3.63) is 101 Å². The van der Waals surface area contributed by atoms with Gasteiger partial charge in [0.1, 0.15) is 5.75 Å². The Labute approximate surface area is 216 Å². The normalized spacial score (nSPS) is 13.9. The van der Waals surface area contributed by atoms with Crippen molar-refractivity contribution in [2.24, 2.45) is 0 Å². The summed E-state index contributed by atoms with van der Waals surface area (Å²) in [6.07, 6.45) is 5.05. The maximum absolute atomic E-state index is 12.9. The van der Waals surface area contributed by atoms with Crippen molar-refractivity contribution >= 4 is 18.2 Å². The van der Waals surface area contributed by atoms with Crippen molar-refractivity contribution in [2.45, 2.75) is 38.8 Å². The summed E-state index contributed by atoms with van der Waals surface area (Å²) in [5, 5.41) is 0. The molecule has 1 aliphatic rings. The Hall–Kier alpha value is -2.66. The number of halogens is 1. The van der Waals surface area contributed by atoms with E-state index < -0.39 is 0 Å². The summed E-state index contributed by atoms with van der Waals surface area (Å²) < 4.78 is 5.89. The highest BCUT2D eigenvalue weighted by atomic mass is 35.5. The van der Waals surface area contributed by atoms with E-state index in [0.717, 1.165) is 31.8 Å². The van der Waals surface area contributed by atoms with E-state index in [2.05, 4.69) is 53.2 Å². The molecule has 0 unspecified atom stereocenters. The molecule has 0 aromatic heterocycles. The molecule has 0 bridgehead atoms. The summed E-state index contributed by atoms with van der Waals surface area (Å²) in [5.41, 5.74) is 3.90. The molecule has 186 valence electrons. The van der Waals surface area contributed by atoms with Crippen molar-refractivity contribution in [3.8, 4) is 5.75 Å². The lowest BCUT2D eigenvalue weighted by Gasteiger charge is -2.26. The molecule has 0 aliphatic carbocycles. The molecular formula is C30H37ClN2O2. The van der Waals surface area contributed by atoms with Gasteiger partial charge in [0.05, 0.1) is 6.61 Å². The Balaban J connectivity index is 0.00000342. The van der Waals surface area contributed by atoms with E-state index in [1.807, 2.05) is 42.5 Å². The topological polar surface area (TPSA) is 32.8 Å². The number of hydrogen-bond donors (Lipinski definition) is 0. The third-order valence-corrected chi connectivity index (χ3v) is 6.42. The van der Waals surface area contributed by atoms with E-state index in [9.17, 15) is 4.79 Å². The van der Waals surface area contributed by atoms with E-state index in [1.165, 1.54) is 43.5 Å². The van der Waals surface area contributed by atoms with Crippen LogP contribution in [0.15, 0.2) is 78.9 Å². The number of benzene rings is 3. The van der Waals surface area contributed by atoms with Crippen molar-refractivity contribution in [1.29, 1.82) is 0 Å². The summed E-state index contributed by atoms with van der Waals surface area (Å²) in [5.74, 6) is 0.868. The predicted octanol–water partition coefficient (Wildman–Crippen LogP) is 6.23. The molecule has 1 heterocycles. The molecule has 3 aromatic carbocycles. The third kappa shape index (κ3) is 8.50. The maximum Gasteiger partial charge on any atom is 0.193 e. The summed E-state index contributed by atoms with van der Waals surface area (Å²) in [7, 11) is 2.11. The SMILES string of the molecule is CN(Cc1ccccc1)Cc1ccc(C(=O)c2ccc(OCCCN3CCCCC3)cc2)cc1.Cl. The van der Waals surface area contributed by atoms with Crippen LogP contribution in [0.4, 0.5) is 0 Å². The first-order chi connectivity index (χ1) is 16.7. The van der Waals surface area contributed by atoms with Crippen LogP contribution in [-0.2, 0) is 13.1 Å². The van der Waals surface area contributed by atoms with Gasteiger partial charge in [-0.2, -0.15) is 0 Å². The molecule has 0 N–H and O–H groups in total. The van der Waals surface area contributed by atoms with Crippen LogP contribution in [0.2, 0.25) is 0 Å². The molecule has 0 saturated carbocycles. The molecule has 0 amide bonds. The zero-order chi connectivity index (χ0) is 23.6. The standard InChI is InChI=1S/C30H36N2O2.ClH/c1-31(23-25-9-4-2-5-10-25)24-26-11-13-27(14-12-26)30(33)28-15-17-29(18-16-28)34-22-8-21-32-19-6-3-7-20-32;/h2,4-5,9-18H,3,6-8,19-24H2,1H3;1H. The van der Waals surface area contributed by atoms with Crippen LogP contribution in [0.1, 0.15) is 52.7 Å². The number of ketones is 1. The second-order valence-corrected chi connectivity index (χ2v) is 9.31. The van der Waals surface area contributed by atoms with Gasteiger partial charge in [-0.15, -0.1) is 12.4 Å². The number of carbonyl (C=O) groups is 1. The van der Waals surface area contributed by atoms with E-state index in [0.29, 0.717) is 17.7 Å². The fourth-order valence-electron chi connectivity index (χ4n) is 4.55. The Bertz CT molecular complexity index is 1020. The summed E-state index contributed by atoms with van der Waals surface area (Å²) in [4.78, 5) is 17.7. The van der Waals surface area contributed by atoms with Crippen LogP contribution < -0.4 is 4.74 Å². The van der Waals surface area contributed by atoms with Gasteiger partial charge in [-0.05, 0) is 74.8 Å². The number of carbonyl (C=O) groups excluding carboxylic acids is 1. The van der Waals surface area contributed by atoms with Gasteiger partial charge in [0, 0.05) is 30.8 Å². The minimum Gasteiger partial charge on any atom is -0.494 e. The Morgan fingerprint density at radius 2 is 1.37 bits per heavy atom. The van der Waals surface area contributed by atoms with Crippen LogP contribution in [-0.4, -0.2) is 48.9 Å². The molecule has 0 spiro atoms. The van der Waals surface area contributed by atoms with Gasteiger partial charge in [0.15, 0.2) is 5.78 Å². The molecule has 0 radical (unpaired) electrons. The zero-order valence-electron chi connectivity index (χ0n) is 20.7. The molecule has 4 nitrogen and oxygen atoms in total. The molecule has 0 atom stereocenters. The van der Waals surface area contributed by atoms with Crippen LogP contribution in [0.25, 0.3) is 0 Å². The Morgan fingerprint density at radius 1 is 0.800 bits per heavy atom. The number of piperidine rings is 1. The smallest absolute Gasteiger partial charge is 0.193 e. The van der Waals surface area contributed by atoms with Gasteiger partial charge < -0.3 is 9.64 Å². The first kappa shape index (κ1) is 26.9. The van der Waals surface area contributed by atoms with E-state index in [4.69, 9.17) is 4.74 Å². The van der Waals surface area contributed by atoms with Gasteiger partial charge in [-0.25, -0.2) is 0 Å². The lowest BCUT2D eigenvalue weighted by atomic mass is 10.0. The van der Waals surface area contributed by atoms with E-state index in [1.54, 1.807) is 0 Å². The minimum absolute atomic E-state index is 0. The van der Waals surface area contributed by atoms with Crippen molar-refractivity contribution in [1.82, 2.24) is 9.80 Å². The van der Waals surface area contributed by atoms with Crippen LogP contribution >= 0.6 is 12.4 Å². The summed E-state index contributed by atoms with van der Waals surface area (Å²) in [6.45, 7) is 6.00. The van der Waals surface area contributed by atoms with Gasteiger partial charge in [0.25, 0.3) is 0 Å². The molecule has 1 saturated heterocycles. The fraction of sp³-hybridized carbons (Fsp3) is 0.367. The first-order valence-corrected chi connectivity index (χ1v) is 12.5. The average Bonchev–Trinajstić information content (AvgIpc) is 2.88. The number of nitrogens with zero attached hydrogens (tertiary/aromatic N) is 2. The number of likely N-dealkylation sites (tertiary alicyclic amines) is 1. The van der Waals surface area contributed by atoms with Crippen LogP contribution in [0.3, 0.4) is 0 Å². The largest absolute Gasteiger partial charge is 0.494 e. The monoisotopic (exact) mass is 492 g/mol. The Morgan fingerprint density at radius 3 is 2.00 bits per heavy atom. The lowest BCUT2D eigenvalue weighted by molar-refractivity contribution is 0.103. The Kier molecular flexibility index (Phi) is 10.8. The lowest BCUT2D eigenvalue weighted by Crippen LogP contribution is -2.31. The molecular weight excluding hydrogens is 456 g/mol. The summed E-state index contributed by atoms with van der Waals surface area (Å²) >= 11 is 0. The highest BCUT2D eigenvalue weighted by molar-refractivity contribution is 6.09. The van der Waals surface area contributed by atoms with Crippen molar-refractivity contribution < 1.29 is 9.53 Å². The maximum atomic E-state index is 12.9. The molecule has 1 aliphatic heterocycles. The fourth-order valence-corrected chi connectivity index (χ4v) is 4.55. The highest BCUT2D eigenvalue weighted by Crippen LogP contribution is 2.17. The quantitative estimate of drug-likeness (QED) is 0.235. The molecule has 35 heavy (non-hydrogen) atoms. The second-order valence-electron chi connectivity index (χ2n) is 9.31. The van der Waals surface area contributed by atoms with Crippen molar-refractivity contribution in [3.63, 3.8) is 0 Å². The van der Waals surface area contributed by atoms with Gasteiger partial charge in [0.2, 0.25) is 0 Å². The number of ether oxygens (including phenoxy) is 1. The summed E-state index contributed by atoms with van der Waals surface area (Å²) in [6, 6.07) is 26.0. The van der Waals surface area contributed by atoms with E-state index in [-0.39, 0.29) is 18.2 Å². The van der Waals surface area contributed by atoms with Gasteiger partial charge >= 0.3 is 0 Å². The predicted molar refractivity (Wildman–Crippen MR) is 146 cm³/mol.